The molecule has 3 heterocycles. The molecule has 1 aliphatic carbocycles. The van der Waals surface area contributed by atoms with E-state index in [1.807, 2.05) is 50.2 Å². The van der Waals surface area contributed by atoms with Crippen molar-refractivity contribution >= 4 is 40.8 Å². The summed E-state index contributed by atoms with van der Waals surface area (Å²) in [6.45, 7) is 4.67. The summed E-state index contributed by atoms with van der Waals surface area (Å²) in [6.07, 6.45) is 2.79. The third-order valence-electron chi connectivity index (χ3n) is 6.65. The number of hydrogen-bond donors (Lipinski definition) is 3. The minimum absolute atomic E-state index is 0.0457. The van der Waals surface area contributed by atoms with E-state index in [0.29, 0.717) is 30.5 Å². The molecular weight excluding hydrogens is 460 g/mol. The molecule has 36 heavy (non-hydrogen) atoms. The fraction of sp³-hybridized carbons (Fsp3) is 0.308. The fourth-order valence-electron chi connectivity index (χ4n) is 4.91. The standard InChI is InChI=1S/C26H26N6O4/c1-3-8-32-19-11-17(6-7-20(19)35-13-22(32)33)28-24-14(2)12-27-25(31-24)29-16-5-4-15-9-21-23(18(15)10-16)30-26(34)36-21/h4-7,10-12,21,23H,3,8-9,13H2,1-2H3,(H,30,34)(H2,27,28,29,31)/t21?,23-/m1/s1. The highest BCUT2D eigenvalue weighted by Crippen LogP contribution is 2.39. The van der Waals surface area contributed by atoms with Crippen LogP contribution in [0.1, 0.15) is 36.1 Å². The Bertz CT molecular complexity index is 1380. The second kappa shape index (κ2) is 8.71. The number of alkyl carbamates (subject to hydrolysis) is 1. The molecule has 184 valence electrons. The predicted octanol–water partition coefficient (Wildman–Crippen LogP) is 4.11. The van der Waals surface area contributed by atoms with Gasteiger partial charge in [-0.3, -0.25) is 4.79 Å². The zero-order valence-corrected chi connectivity index (χ0v) is 20.0. The van der Waals surface area contributed by atoms with Gasteiger partial charge >= 0.3 is 6.09 Å². The van der Waals surface area contributed by atoms with Gasteiger partial charge < -0.3 is 30.3 Å². The summed E-state index contributed by atoms with van der Waals surface area (Å²) < 4.78 is 10.9. The maximum absolute atomic E-state index is 12.4. The molecule has 10 heteroatoms. The van der Waals surface area contributed by atoms with Gasteiger partial charge in [-0.15, -0.1) is 0 Å². The van der Waals surface area contributed by atoms with Gasteiger partial charge in [0.25, 0.3) is 5.91 Å². The van der Waals surface area contributed by atoms with Crippen molar-refractivity contribution in [3.63, 3.8) is 0 Å². The van der Waals surface area contributed by atoms with Crippen molar-refractivity contribution in [3.05, 3.63) is 59.3 Å². The van der Waals surface area contributed by atoms with E-state index in [0.717, 1.165) is 40.2 Å². The third-order valence-corrected chi connectivity index (χ3v) is 6.65. The molecule has 3 N–H and O–H groups in total. The number of carbonyl (C=O) groups is 2. The van der Waals surface area contributed by atoms with Crippen LogP contribution in [0.2, 0.25) is 0 Å². The molecule has 2 aromatic carbocycles. The van der Waals surface area contributed by atoms with Gasteiger partial charge in [0.05, 0.1) is 11.7 Å². The van der Waals surface area contributed by atoms with Crippen molar-refractivity contribution in [3.8, 4) is 5.75 Å². The summed E-state index contributed by atoms with van der Waals surface area (Å²) in [5, 5.41) is 9.50. The van der Waals surface area contributed by atoms with Crippen molar-refractivity contribution in [2.45, 2.75) is 38.8 Å². The number of benzene rings is 2. The number of nitrogens with zero attached hydrogens (tertiary/aromatic N) is 3. The minimum Gasteiger partial charge on any atom is -0.482 e. The first-order chi connectivity index (χ1) is 17.5. The molecule has 2 atom stereocenters. The average Bonchev–Trinajstić information content (AvgIpc) is 3.39. The molecule has 0 saturated carbocycles. The van der Waals surface area contributed by atoms with E-state index in [9.17, 15) is 9.59 Å². The van der Waals surface area contributed by atoms with Gasteiger partial charge in [-0.25, -0.2) is 9.78 Å². The Labute approximate surface area is 208 Å². The fourth-order valence-corrected chi connectivity index (χ4v) is 4.91. The lowest BCUT2D eigenvalue weighted by Crippen LogP contribution is -2.39. The summed E-state index contributed by atoms with van der Waals surface area (Å²) in [4.78, 5) is 34.8. The van der Waals surface area contributed by atoms with Crippen molar-refractivity contribution in [1.29, 1.82) is 0 Å². The molecule has 6 rings (SSSR count). The lowest BCUT2D eigenvalue weighted by Gasteiger charge is -2.29. The van der Waals surface area contributed by atoms with Crippen LogP contribution < -0.4 is 25.6 Å². The number of nitrogens with one attached hydrogen (secondary N) is 3. The minimum atomic E-state index is -0.373. The maximum atomic E-state index is 12.4. The van der Waals surface area contributed by atoms with Crippen LogP contribution in [0.5, 0.6) is 5.75 Å². The summed E-state index contributed by atoms with van der Waals surface area (Å²) in [7, 11) is 0. The summed E-state index contributed by atoms with van der Waals surface area (Å²) in [6, 6.07) is 11.6. The Balaban J connectivity index is 1.23. The van der Waals surface area contributed by atoms with Gasteiger partial charge in [-0.1, -0.05) is 13.0 Å². The maximum Gasteiger partial charge on any atom is 0.408 e. The van der Waals surface area contributed by atoms with Crippen molar-refractivity contribution in [1.82, 2.24) is 15.3 Å². The van der Waals surface area contributed by atoms with Crippen LogP contribution in [-0.2, 0) is 16.0 Å². The van der Waals surface area contributed by atoms with Gasteiger partial charge in [-0.05, 0) is 54.8 Å². The third kappa shape index (κ3) is 3.94. The molecule has 0 radical (unpaired) electrons. The highest BCUT2D eigenvalue weighted by Gasteiger charge is 2.41. The second-order valence-corrected chi connectivity index (χ2v) is 9.18. The first kappa shape index (κ1) is 22.1. The Hall–Kier alpha value is -4.34. The van der Waals surface area contributed by atoms with Gasteiger partial charge in [-0.2, -0.15) is 4.98 Å². The number of amides is 2. The van der Waals surface area contributed by atoms with Crippen LogP contribution >= 0.6 is 0 Å². The van der Waals surface area contributed by atoms with Gasteiger partial charge in [0, 0.05) is 36.1 Å². The van der Waals surface area contributed by atoms with E-state index in [-0.39, 0.29) is 30.8 Å². The highest BCUT2D eigenvalue weighted by molar-refractivity contribution is 5.98. The molecule has 2 amide bonds. The number of rotatable bonds is 6. The van der Waals surface area contributed by atoms with Crippen molar-refractivity contribution < 1.29 is 19.1 Å². The number of aromatic nitrogens is 2. The van der Waals surface area contributed by atoms with Gasteiger partial charge in [0.2, 0.25) is 5.95 Å². The molecule has 0 bridgehead atoms. The normalized spacial score (nSPS) is 19.6. The molecule has 3 aromatic rings. The van der Waals surface area contributed by atoms with Crippen LogP contribution in [0.4, 0.5) is 33.6 Å². The SMILES string of the molecule is CCCN1C(=O)COc2ccc(Nc3nc(Nc4ccc5c(c4)[C@H]4NC(=O)OC4C5)ncc3C)cc21. The smallest absolute Gasteiger partial charge is 0.408 e. The second-order valence-electron chi connectivity index (χ2n) is 9.18. The molecule has 0 spiro atoms. The summed E-state index contributed by atoms with van der Waals surface area (Å²) >= 11 is 0. The van der Waals surface area contributed by atoms with E-state index >= 15 is 0 Å². The zero-order chi connectivity index (χ0) is 24.8. The topological polar surface area (TPSA) is 118 Å². The zero-order valence-electron chi connectivity index (χ0n) is 20.0. The Morgan fingerprint density at radius 2 is 1.97 bits per heavy atom. The van der Waals surface area contributed by atoms with Gasteiger partial charge in [0.15, 0.2) is 6.61 Å². The average molecular weight is 487 g/mol. The first-order valence-electron chi connectivity index (χ1n) is 12.0. The predicted molar refractivity (Wildman–Crippen MR) is 134 cm³/mol. The largest absolute Gasteiger partial charge is 0.482 e. The summed E-state index contributed by atoms with van der Waals surface area (Å²) in [5.41, 5.74) is 5.45. The molecule has 1 saturated heterocycles. The molecule has 2 aliphatic heterocycles. The van der Waals surface area contributed by atoms with E-state index in [1.54, 1.807) is 11.1 Å². The number of carbonyl (C=O) groups excluding carboxylic acids is 2. The Morgan fingerprint density at radius 3 is 2.83 bits per heavy atom. The Kier molecular flexibility index (Phi) is 5.36. The lowest BCUT2D eigenvalue weighted by molar-refractivity contribution is -0.121. The van der Waals surface area contributed by atoms with E-state index < -0.39 is 0 Å². The van der Waals surface area contributed by atoms with E-state index in [1.165, 1.54) is 0 Å². The quantitative estimate of drug-likeness (QED) is 0.476. The number of anilines is 5. The molecule has 1 fully saturated rings. The van der Waals surface area contributed by atoms with Crippen molar-refractivity contribution in [2.24, 2.45) is 0 Å². The Morgan fingerprint density at radius 1 is 1.14 bits per heavy atom. The van der Waals surface area contributed by atoms with Crippen LogP contribution in [0.15, 0.2) is 42.6 Å². The van der Waals surface area contributed by atoms with Crippen LogP contribution in [0.25, 0.3) is 0 Å². The molecule has 3 aliphatic rings. The van der Waals surface area contributed by atoms with E-state index in [4.69, 9.17) is 9.47 Å². The first-order valence-corrected chi connectivity index (χ1v) is 12.0. The monoisotopic (exact) mass is 486 g/mol. The summed E-state index contributed by atoms with van der Waals surface area (Å²) in [5.74, 6) is 1.73. The number of fused-ring (bicyclic) bond motifs is 4. The molecule has 1 aromatic heterocycles. The van der Waals surface area contributed by atoms with Crippen LogP contribution in [-0.4, -0.2) is 41.2 Å². The number of hydrogen-bond acceptors (Lipinski definition) is 8. The number of ether oxygens (including phenoxy) is 2. The molecular formula is C26H26N6O4. The van der Waals surface area contributed by atoms with E-state index in [2.05, 4.69) is 25.9 Å². The molecule has 10 nitrogen and oxygen atoms in total. The highest BCUT2D eigenvalue weighted by atomic mass is 16.6. The van der Waals surface area contributed by atoms with Crippen molar-refractivity contribution in [2.75, 3.05) is 28.7 Å². The van der Waals surface area contributed by atoms with Crippen LogP contribution in [0, 0.1) is 6.92 Å². The number of aryl methyl sites for hydroxylation is 1. The van der Waals surface area contributed by atoms with Crippen LogP contribution in [0.3, 0.4) is 0 Å². The van der Waals surface area contributed by atoms with Gasteiger partial charge in [0.1, 0.15) is 17.7 Å². The molecule has 1 unspecified atom stereocenters. The lowest BCUT2D eigenvalue weighted by atomic mass is 10.1.